The van der Waals surface area contributed by atoms with Crippen LogP contribution in [-0.4, -0.2) is 4.98 Å². The topological polar surface area (TPSA) is 48.1 Å². The second kappa shape index (κ2) is 6.12. The van der Waals surface area contributed by atoms with E-state index in [-0.39, 0.29) is 11.9 Å². The molecular weight excluding hydrogens is 311 g/mol. The van der Waals surface area contributed by atoms with Gasteiger partial charge in [-0.25, -0.2) is 4.39 Å². The molecule has 0 aliphatic rings. The largest absolute Gasteiger partial charge is 0.488 e. The summed E-state index contributed by atoms with van der Waals surface area (Å²) in [5.41, 5.74) is 7.51. The first-order chi connectivity index (χ1) is 9.06. The Morgan fingerprint density at radius 2 is 2.16 bits per heavy atom. The van der Waals surface area contributed by atoms with Gasteiger partial charge in [0.05, 0.1) is 0 Å². The number of halogens is 2. The van der Waals surface area contributed by atoms with Crippen molar-refractivity contribution >= 4 is 15.9 Å². The van der Waals surface area contributed by atoms with Crippen molar-refractivity contribution in [2.24, 2.45) is 5.73 Å². The smallest absolute Gasteiger partial charge is 0.127 e. The molecule has 2 N–H and O–H groups in total. The van der Waals surface area contributed by atoms with E-state index >= 15 is 0 Å². The van der Waals surface area contributed by atoms with Crippen LogP contribution in [0.15, 0.2) is 41.1 Å². The van der Waals surface area contributed by atoms with Crippen molar-refractivity contribution < 1.29 is 9.13 Å². The molecule has 0 fully saturated rings. The molecule has 1 heterocycles. The van der Waals surface area contributed by atoms with Gasteiger partial charge in [-0.15, -0.1) is 0 Å². The third-order valence-electron chi connectivity index (χ3n) is 2.62. The number of hydrogen-bond acceptors (Lipinski definition) is 3. The van der Waals surface area contributed by atoms with Gasteiger partial charge < -0.3 is 10.5 Å². The quantitative estimate of drug-likeness (QED) is 0.935. The van der Waals surface area contributed by atoms with Crippen molar-refractivity contribution in [3.8, 4) is 5.75 Å². The van der Waals surface area contributed by atoms with Gasteiger partial charge in [0.1, 0.15) is 18.2 Å². The van der Waals surface area contributed by atoms with Gasteiger partial charge in [0.2, 0.25) is 0 Å². The molecule has 0 saturated heterocycles. The highest BCUT2D eigenvalue weighted by Crippen LogP contribution is 2.25. The number of nitrogens with zero attached hydrogens (tertiary/aromatic N) is 1. The Kier molecular flexibility index (Phi) is 4.50. The molecule has 0 spiro atoms. The number of benzene rings is 1. The van der Waals surface area contributed by atoms with Crippen LogP contribution in [-0.2, 0) is 6.61 Å². The fourth-order valence-corrected chi connectivity index (χ4v) is 2.12. The molecule has 0 radical (unpaired) electrons. The molecule has 0 bridgehead atoms. The number of pyridine rings is 1. The first-order valence-electron chi connectivity index (χ1n) is 5.83. The van der Waals surface area contributed by atoms with E-state index in [4.69, 9.17) is 10.5 Å². The predicted octanol–water partition coefficient (Wildman–Crippen LogP) is 3.58. The minimum Gasteiger partial charge on any atom is -0.488 e. The Hall–Kier alpha value is -1.46. The maximum absolute atomic E-state index is 13.3. The van der Waals surface area contributed by atoms with Crippen LogP contribution >= 0.6 is 15.9 Å². The van der Waals surface area contributed by atoms with Gasteiger partial charge in [0, 0.05) is 40.1 Å². The summed E-state index contributed by atoms with van der Waals surface area (Å²) in [6, 6.07) is 6.07. The molecule has 2 rings (SSSR count). The van der Waals surface area contributed by atoms with Crippen LogP contribution in [0.1, 0.15) is 24.1 Å². The van der Waals surface area contributed by atoms with E-state index in [1.165, 1.54) is 12.1 Å². The van der Waals surface area contributed by atoms with Gasteiger partial charge in [0.25, 0.3) is 0 Å². The van der Waals surface area contributed by atoms with Gasteiger partial charge in [-0.05, 0) is 35.0 Å². The van der Waals surface area contributed by atoms with Crippen LogP contribution in [0, 0.1) is 5.82 Å². The van der Waals surface area contributed by atoms with E-state index in [0.717, 1.165) is 15.6 Å². The second-order valence-electron chi connectivity index (χ2n) is 4.27. The zero-order valence-electron chi connectivity index (χ0n) is 10.4. The molecule has 0 aliphatic heterocycles. The van der Waals surface area contributed by atoms with E-state index in [0.29, 0.717) is 12.4 Å². The lowest BCUT2D eigenvalue weighted by Crippen LogP contribution is -2.08. The third kappa shape index (κ3) is 3.75. The van der Waals surface area contributed by atoms with E-state index in [2.05, 4.69) is 20.9 Å². The van der Waals surface area contributed by atoms with Gasteiger partial charge in [-0.2, -0.15) is 0 Å². The molecule has 5 heteroatoms. The normalized spacial score (nSPS) is 12.2. The van der Waals surface area contributed by atoms with Gasteiger partial charge in [0.15, 0.2) is 0 Å². The standard InChI is InChI=1S/C14H14BrFN2O/c1-9(17)13-3-2-12(16)5-14(13)19-8-10-4-11(15)7-18-6-10/h2-7,9H,8,17H2,1H3/t9-/m1/s1. The van der Waals surface area contributed by atoms with E-state index < -0.39 is 0 Å². The van der Waals surface area contributed by atoms with Crippen LogP contribution in [0.3, 0.4) is 0 Å². The van der Waals surface area contributed by atoms with Crippen molar-refractivity contribution in [1.82, 2.24) is 4.98 Å². The van der Waals surface area contributed by atoms with Crippen LogP contribution in [0.5, 0.6) is 5.75 Å². The zero-order valence-corrected chi connectivity index (χ0v) is 12.0. The first kappa shape index (κ1) is 14.0. The van der Waals surface area contributed by atoms with E-state index in [1.807, 2.05) is 13.0 Å². The highest BCUT2D eigenvalue weighted by atomic mass is 79.9. The summed E-state index contributed by atoms with van der Waals surface area (Å²) >= 11 is 3.34. The Bertz CT molecular complexity index is 575. The van der Waals surface area contributed by atoms with Crippen molar-refractivity contribution in [3.05, 3.63) is 58.1 Å². The highest BCUT2D eigenvalue weighted by molar-refractivity contribution is 9.10. The van der Waals surface area contributed by atoms with Crippen LogP contribution in [0.4, 0.5) is 4.39 Å². The van der Waals surface area contributed by atoms with Gasteiger partial charge in [-0.1, -0.05) is 6.07 Å². The summed E-state index contributed by atoms with van der Waals surface area (Å²) in [6.07, 6.45) is 3.40. The summed E-state index contributed by atoms with van der Waals surface area (Å²) in [5.74, 6) is 0.127. The van der Waals surface area contributed by atoms with Crippen LogP contribution in [0.2, 0.25) is 0 Å². The highest BCUT2D eigenvalue weighted by Gasteiger charge is 2.09. The molecule has 1 atom stereocenters. The Labute approximate surface area is 119 Å². The molecule has 19 heavy (non-hydrogen) atoms. The van der Waals surface area contributed by atoms with Crippen LogP contribution < -0.4 is 10.5 Å². The molecule has 3 nitrogen and oxygen atoms in total. The molecule has 0 unspecified atom stereocenters. The second-order valence-corrected chi connectivity index (χ2v) is 5.19. The fraction of sp³-hybridized carbons (Fsp3) is 0.214. The van der Waals surface area contributed by atoms with Crippen molar-refractivity contribution in [2.45, 2.75) is 19.6 Å². The number of nitrogens with two attached hydrogens (primary N) is 1. The molecule has 0 aliphatic carbocycles. The molecule has 0 amide bonds. The monoisotopic (exact) mass is 324 g/mol. The lowest BCUT2D eigenvalue weighted by molar-refractivity contribution is 0.299. The maximum Gasteiger partial charge on any atom is 0.127 e. The lowest BCUT2D eigenvalue weighted by atomic mass is 10.1. The average molecular weight is 325 g/mol. The molecule has 100 valence electrons. The van der Waals surface area contributed by atoms with Crippen molar-refractivity contribution in [2.75, 3.05) is 0 Å². The van der Waals surface area contributed by atoms with Gasteiger partial charge in [-0.3, -0.25) is 4.98 Å². The fourth-order valence-electron chi connectivity index (χ4n) is 1.71. The van der Waals surface area contributed by atoms with E-state index in [9.17, 15) is 4.39 Å². The van der Waals surface area contributed by atoms with Crippen molar-refractivity contribution in [1.29, 1.82) is 0 Å². The molecule has 1 aromatic carbocycles. The predicted molar refractivity (Wildman–Crippen MR) is 75.3 cm³/mol. The van der Waals surface area contributed by atoms with Crippen molar-refractivity contribution in [3.63, 3.8) is 0 Å². The first-order valence-corrected chi connectivity index (χ1v) is 6.63. The molecule has 0 saturated carbocycles. The maximum atomic E-state index is 13.3. The SMILES string of the molecule is C[C@@H](N)c1ccc(F)cc1OCc1cncc(Br)c1. The molecule has 2 aromatic rings. The van der Waals surface area contributed by atoms with Gasteiger partial charge >= 0.3 is 0 Å². The third-order valence-corrected chi connectivity index (χ3v) is 3.06. The Balaban J connectivity index is 2.17. The van der Waals surface area contributed by atoms with E-state index in [1.54, 1.807) is 18.5 Å². The minimum absolute atomic E-state index is 0.212. The summed E-state index contributed by atoms with van der Waals surface area (Å²) in [4.78, 5) is 4.05. The number of hydrogen-bond donors (Lipinski definition) is 1. The number of rotatable bonds is 4. The lowest BCUT2D eigenvalue weighted by Gasteiger charge is -2.14. The Morgan fingerprint density at radius 1 is 1.37 bits per heavy atom. The minimum atomic E-state index is -0.341. The molecule has 1 aromatic heterocycles. The summed E-state index contributed by atoms with van der Waals surface area (Å²) in [7, 11) is 0. The van der Waals surface area contributed by atoms with Crippen LogP contribution in [0.25, 0.3) is 0 Å². The summed E-state index contributed by atoms with van der Waals surface area (Å²) in [5, 5.41) is 0. The summed E-state index contributed by atoms with van der Waals surface area (Å²) < 4.78 is 19.8. The average Bonchev–Trinajstić information content (AvgIpc) is 2.36. The zero-order chi connectivity index (χ0) is 13.8. The summed E-state index contributed by atoms with van der Waals surface area (Å²) in [6.45, 7) is 2.15. The number of aromatic nitrogens is 1. The molecular formula is C14H14BrFN2O. The number of ether oxygens (including phenoxy) is 1. The Morgan fingerprint density at radius 3 is 2.84 bits per heavy atom.